The molecule has 162 valence electrons. The number of nitrogens with one attached hydrogen (secondary N) is 1. The summed E-state index contributed by atoms with van der Waals surface area (Å²) in [7, 11) is 0. The molecule has 1 N–H and O–H groups in total. The fourth-order valence-electron chi connectivity index (χ4n) is 3.44. The van der Waals surface area contributed by atoms with Crippen molar-refractivity contribution in [3.8, 4) is 17.4 Å². The van der Waals surface area contributed by atoms with E-state index >= 15 is 0 Å². The zero-order valence-electron chi connectivity index (χ0n) is 18.3. The second-order valence-electron chi connectivity index (χ2n) is 7.50. The third-order valence-electron chi connectivity index (χ3n) is 5.40. The van der Waals surface area contributed by atoms with Crippen molar-refractivity contribution in [2.24, 2.45) is 0 Å². The fraction of sp³-hybridized carbons (Fsp3) is 0.200. The van der Waals surface area contributed by atoms with Gasteiger partial charge in [-0.15, -0.1) is 10.2 Å². The number of hydrogen-bond donors (Lipinski definition) is 1. The minimum Gasteiger partial charge on any atom is -0.438 e. The molecule has 1 amide bonds. The predicted octanol–water partition coefficient (Wildman–Crippen LogP) is 5.20. The van der Waals surface area contributed by atoms with E-state index in [-0.39, 0.29) is 11.8 Å². The number of ether oxygens (including phenoxy) is 1. The molecule has 2 heterocycles. The molecule has 0 aliphatic rings. The van der Waals surface area contributed by atoms with E-state index in [1.165, 1.54) is 0 Å². The van der Waals surface area contributed by atoms with Crippen molar-refractivity contribution in [2.75, 3.05) is 5.32 Å². The predicted molar refractivity (Wildman–Crippen MR) is 123 cm³/mol. The summed E-state index contributed by atoms with van der Waals surface area (Å²) in [6.07, 6.45) is 2.45. The van der Waals surface area contributed by atoms with Gasteiger partial charge in [0.25, 0.3) is 0 Å². The topological polar surface area (TPSA) is 81.9 Å². The molecule has 0 saturated heterocycles. The summed E-state index contributed by atoms with van der Waals surface area (Å²) in [6, 6.07) is 20.6. The lowest BCUT2D eigenvalue weighted by Crippen LogP contribution is -2.20. The van der Waals surface area contributed by atoms with Crippen LogP contribution in [0, 0.1) is 13.8 Å². The first kappa shape index (κ1) is 21.2. The Balaban J connectivity index is 1.39. The van der Waals surface area contributed by atoms with Crippen LogP contribution in [0.2, 0.25) is 0 Å². The molecular weight excluding hydrogens is 402 g/mol. The lowest BCUT2D eigenvalue weighted by Gasteiger charge is -2.15. The van der Waals surface area contributed by atoms with E-state index in [1.807, 2.05) is 73.9 Å². The highest BCUT2D eigenvalue weighted by molar-refractivity contribution is 5.95. The molecule has 4 rings (SSSR count). The number of carbonyl (C=O) groups is 1. The molecule has 0 aliphatic carbocycles. The molecule has 4 aromatic rings. The van der Waals surface area contributed by atoms with E-state index in [0.717, 1.165) is 23.4 Å². The Hall–Kier alpha value is -4.00. The normalized spacial score (nSPS) is 11.7. The summed E-state index contributed by atoms with van der Waals surface area (Å²) in [5.74, 6) is 1.45. The van der Waals surface area contributed by atoms with Crippen LogP contribution in [-0.2, 0) is 4.79 Å². The van der Waals surface area contributed by atoms with Gasteiger partial charge in [-0.1, -0.05) is 37.3 Å². The van der Waals surface area contributed by atoms with E-state index in [0.29, 0.717) is 23.1 Å². The number of rotatable bonds is 7. The largest absolute Gasteiger partial charge is 0.438 e. The van der Waals surface area contributed by atoms with Crippen LogP contribution >= 0.6 is 0 Å². The Morgan fingerprint density at radius 1 is 1.00 bits per heavy atom. The van der Waals surface area contributed by atoms with Gasteiger partial charge in [0.15, 0.2) is 5.82 Å². The zero-order chi connectivity index (χ0) is 22.5. The monoisotopic (exact) mass is 427 g/mol. The summed E-state index contributed by atoms with van der Waals surface area (Å²) in [6.45, 7) is 5.94. The molecule has 1 unspecified atom stereocenters. The molecule has 0 spiro atoms. The third-order valence-corrected chi connectivity index (χ3v) is 5.40. The molecule has 0 radical (unpaired) electrons. The SMILES string of the molecule is CCC(C(=O)Nc1ccc(Oc2ccc(-n3cnc(C)c3C)nn2)cc1)c1ccccc1. The lowest BCUT2D eigenvalue weighted by atomic mass is 9.95. The van der Waals surface area contributed by atoms with E-state index in [2.05, 4.69) is 20.5 Å². The van der Waals surface area contributed by atoms with Gasteiger partial charge < -0.3 is 10.1 Å². The maximum atomic E-state index is 12.7. The van der Waals surface area contributed by atoms with Gasteiger partial charge in [0.1, 0.15) is 12.1 Å². The molecule has 0 aliphatic heterocycles. The van der Waals surface area contributed by atoms with Gasteiger partial charge in [-0.05, 0) is 56.2 Å². The first-order valence-electron chi connectivity index (χ1n) is 10.5. The molecule has 2 aromatic heterocycles. The number of benzene rings is 2. The van der Waals surface area contributed by atoms with Crippen LogP contribution in [0.1, 0.15) is 36.2 Å². The van der Waals surface area contributed by atoms with Crippen LogP contribution in [0.4, 0.5) is 5.69 Å². The quantitative estimate of drug-likeness (QED) is 0.438. The minimum atomic E-state index is -0.191. The van der Waals surface area contributed by atoms with Crippen LogP contribution in [0.3, 0.4) is 0 Å². The second-order valence-corrected chi connectivity index (χ2v) is 7.50. The van der Waals surface area contributed by atoms with Crippen LogP contribution in [0.15, 0.2) is 73.1 Å². The maximum absolute atomic E-state index is 12.7. The zero-order valence-corrected chi connectivity index (χ0v) is 18.3. The average molecular weight is 428 g/mol. The molecule has 7 nitrogen and oxygen atoms in total. The second kappa shape index (κ2) is 9.43. The highest BCUT2D eigenvalue weighted by Gasteiger charge is 2.18. The Kier molecular flexibility index (Phi) is 6.26. The maximum Gasteiger partial charge on any atom is 0.238 e. The molecular formula is C25H25N5O2. The highest BCUT2D eigenvalue weighted by Crippen LogP contribution is 2.24. The number of nitrogens with zero attached hydrogens (tertiary/aromatic N) is 4. The van der Waals surface area contributed by atoms with Crippen LogP contribution in [-0.4, -0.2) is 25.7 Å². The van der Waals surface area contributed by atoms with E-state index in [4.69, 9.17) is 4.74 Å². The molecule has 32 heavy (non-hydrogen) atoms. The van der Waals surface area contributed by atoms with E-state index in [9.17, 15) is 4.79 Å². The standard InChI is InChI=1S/C25H25N5O2/c1-4-22(19-8-6-5-7-9-19)25(31)27-20-10-12-21(13-11-20)32-24-15-14-23(28-29-24)30-16-26-17(2)18(30)3/h5-16,22H,4H2,1-3H3,(H,27,31). The van der Waals surface area contributed by atoms with Gasteiger partial charge in [-0.25, -0.2) is 4.98 Å². The van der Waals surface area contributed by atoms with Gasteiger partial charge in [0, 0.05) is 17.4 Å². The Labute approximate surface area is 187 Å². The van der Waals surface area contributed by atoms with Crippen LogP contribution < -0.4 is 10.1 Å². The number of aromatic nitrogens is 4. The van der Waals surface area contributed by atoms with Gasteiger partial charge in [0.2, 0.25) is 11.8 Å². The molecule has 7 heteroatoms. The average Bonchev–Trinajstić information content (AvgIpc) is 3.15. The van der Waals surface area contributed by atoms with Gasteiger partial charge in [0.05, 0.1) is 11.6 Å². The number of aryl methyl sites for hydroxylation is 1. The van der Waals surface area contributed by atoms with Crippen molar-refractivity contribution in [2.45, 2.75) is 33.1 Å². The van der Waals surface area contributed by atoms with Crippen molar-refractivity contribution in [3.63, 3.8) is 0 Å². The van der Waals surface area contributed by atoms with Gasteiger partial charge in [-0.3, -0.25) is 9.36 Å². The third kappa shape index (κ3) is 4.67. The number of imidazole rings is 1. The summed E-state index contributed by atoms with van der Waals surface area (Å²) >= 11 is 0. The Morgan fingerprint density at radius 2 is 1.75 bits per heavy atom. The van der Waals surface area contributed by atoms with Crippen molar-refractivity contribution < 1.29 is 9.53 Å². The van der Waals surface area contributed by atoms with Crippen molar-refractivity contribution in [1.82, 2.24) is 19.7 Å². The molecule has 0 fully saturated rings. The number of carbonyl (C=O) groups excluding carboxylic acids is 1. The van der Waals surface area contributed by atoms with E-state index in [1.54, 1.807) is 24.5 Å². The van der Waals surface area contributed by atoms with Crippen LogP contribution in [0.5, 0.6) is 11.6 Å². The highest BCUT2D eigenvalue weighted by atomic mass is 16.5. The van der Waals surface area contributed by atoms with Crippen molar-refractivity contribution in [1.29, 1.82) is 0 Å². The van der Waals surface area contributed by atoms with Gasteiger partial charge >= 0.3 is 0 Å². The number of anilines is 1. The summed E-state index contributed by atoms with van der Waals surface area (Å²) in [5, 5.41) is 11.4. The molecule has 0 bridgehead atoms. The smallest absolute Gasteiger partial charge is 0.238 e. The molecule has 0 saturated carbocycles. The molecule has 2 aromatic carbocycles. The minimum absolute atomic E-state index is 0.0288. The fourth-order valence-corrected chi connectivity index (χ4v) is 3.44. The number of hydrogen-bond acceptors (Lipinski definition) is 5. The molecule has 1 atom stereocenters. The Bertz CT molecular complexity index is 1190. The summed E-state index contributed by atoms with van der Waals surface area (Å²) < 4.78 is 7.67. The van der Waals surface area contributed by atoms with E-state index < -0.39 is 0 Å². The first-order valence-corrected chi connectivity index (χ1v) is 10.5. The van der Waals surface area contributed by atoms with Crippen molar-refractivity contribution in [3.05, 3.63) is 90.0 Å². The first-order chi connectivity index (χ1) is 15.5. The number of amides is 1. The summed E-state index contributed by atoms with van der Waals surface area (Å²) in [4.78, 5) is 17.0. The Morgan fingerprint density at radius 3 is 2.34 bits per heavy atom. The van der Waals surface area contributed by atoms with Gasteiger partial charge in [-0.2, -0.15) is 0 Å². The lowest BCUT2D eigenvalue weighted by molar-refractivity contribution is -0.117. The van der Waals surface area contributed by atoms with Crippen molar-refractivity contribution >= 4 is 11.6 Å². The summed E-state index contributed by atoms with van der Waals surface area (Å²) in [5.41, 5.74) is 3.69. The van der Waals surface area contributed by atoms with Crippen LogP contribution in [0.25, 0.3) is 5.82 Å².